The lowest BCUT2D eigenvalue weighted by Gasteiger charge is -1.97. The summed E-state index contributed by atoms with van der Waals surface area (Å²) >= 11 is 0. The van der Waals surface area contributed by atoms with Gasteiger partial charge in [0.25, 0.3) is 0 Å². The minimum absolute atomic E-state index is 0.140. The molecule has 3 aromatic rings. The van der Waals surface area contributed by atoms with E-state index >= 15 is 0 Å². The molecule has 1 heterocycles. The number of rotatable bonds is 2. The quantitative estimate of drug-likeness (QED) is 0.734. The standard InChI is InChI=1S/C15H11NO3/c17-11-5-3-4-10(8-11)13-9-15(19-16-13)12-6-1-2-7-14(12)18/h1-9,17-18H. The third kappa shape index (κ3) is 2.15. The van der Waals surface area contributed by atoms with Crippen molar-refractivity contribution in [1.29, 1.82) is 0 Å². The molecule has 2 aromatic carbocycles. The predicted octanol–water partition coefficient (Wildman–Crippen LogP) is 3.42. The van der Waals surface area contributed by atoms with E-state index < -0.39 is 0 Å². The Morgan fingerprint density at radius 3 is 2.53 bits per heavy atom. The highest BCUT2D eigenvalue weighted by Crippen LogP contribution is 2.32. The van der Waals surface area contributed by atoms with Crippen LogP contribution in [-0.4, -0.2) is 15.4 Å². The van der Waals surface area contributed by atoms with E-state index in [-0.39, 0.29) is 11.5 Å². The zero-order valence-corrected chi connectivity index (χ0v) is 9.95. The first-order valence-corrected chi connectivity index (χ1v) is 5.78. The molecule has 2 N–H and O–H groups in total. The summed E-state index contributed by atoms with van der Waals surface area (Å²) in [6.07, 6.45) is 0. The lowest BCUT2D eigenvalue weighted by Crippen LogP contribution is -1.76. The fourth-order valence-corrected chi connectivity index (χ4v) is 1.89. The van der Waals surface area contributed by atoms with Crippen LogP contribution < -0.4 is 0 Å². The Kier molecular flexibility index (Phi) is 2.68. The molecule has 0 aliphatic rings. The van der Waals surface area contributed by atoms with Crippen LogP contribution in [0.15, 0.2) is 59.1 Å². The number of phenols is 2. The van der Waals surface area contributed by atoms with Gasteiger partial charge in [0.1, 0.15) is 17.2 Å². The number of hydrogen-bond acceptors (Lipinski definition) is 4. The first kappa shape index (κ1) is 11.3. The first-order chi connectivity index (χ1) is 9.24. The van der Waals surface area contributed by atoms with Crippen LogP contribution in [0.3, 0.4) is 0 Å². The fourth-order valence-electron chi connectivity index (χ4n) is 1.89. The molecule has 19 heavy (non-hydrogen) atoms. The Balaban J connectivity index is 2.03. The van der Waals surface area contributed by atoms with E-state index in [1.807, 2.05) is 12.1 Å². The number of aromatic nitrogens is 1. The average molecular weight is 253 g/mol. The van der Waals surface area contributed by atoms with E-state index in [1.165, 1.54) is 0 Å². The van der Waals surface area contributed by atoms with Crippen LogP contribution in [0.4, 0.5) is 0 Å². The van der Waals surface area contributed by atoms with Crippen LogP contribution in [-0.2, 0) is 0 Å². The van der Waals surface area contributed by atoms with E-state index in [0.29, 0.717) is 17.0 Å². The molecule has 0 unspecified atom stereocenters. The van der Waals surface area contributed by atoms with Gasteiger partial charge in [-0.15, -0.1) is 0 Å². The van der Waals surface area contributed by atoms with Gasteiger partial charge < -0.3 is 14.7 Å². The van der Waals surface area contributed by atoms with Crippen molar-refractivity contribution in [3.8, 4) is 34.1 Å². The van der Waals surface area contributed by atoms with Gasteiger partial charge in [0.15, 0.2) is 5.76 Å². The minimum atomic E-state index is 0.140. The zero-order valence-electron chi connectivity index (χ0n) is 9.95. The van der Waals surface area contributed by atoms with Gasteiger partial charge in [-0.1, -0.05) is 29.4 Å². The van der Waals surface area contributed by atoms with Gasteiger partial charge >= 0.3 is 0 Å². The lowest BCUT2D eigenvalue weighted by atomic mass is 10.1. The summed E-state index contributed by atoms with van der Waals surface area (Å²) in [5.74, 6) is 0.794. The molecule has 4 heteroatoms. The number of hydrogen-bond donors (Lipinski definition) is 2. The van der Waals surface area contributed by atoms with Crippen LogP contribution in [0.1, 0.15) is 0 Å². The number of phenolic OH excluding ortho intramolecular Hbond substituents is 2. The molecule has 0 saturated heterocycles. The normalized spacial score (nSPS) is 10.5. The fraction of sp³-hybridized carbons (Fsp3) is 0. The van der Waals surface area contributed by atoms with Crippen LogP contribution in [0.25, 0.3) is 22.6 Å². The molecule has 0 spiro atoms. The summed E-state index contributed by atoms with van der Waals surface area (Å²) in [6.45, 7) is 0. The molecule has 4 nitrogen and oxygen atoms in total. The van der Waals surface area contributed by atoms with E-state index in [0.717, 1.165) is 5.56 Å². The second-order valence-corrected chi connectivity index (χ2v) is 4.14. The summed E-state index contributed by atoms with van der Waals surface area (Å²) in [6, 6.07) is 15.4. The summed E-state index contributed by atoms with van der Waals surface area (Å²) in [4.78, 5) is 0. The first-order valence-electron chi connectivity index (χ1n) is 5.78. The molecule has 1 aromatic heterocycles. The molecule has 94 valence electrons. The SMILES string of the molecule is Oc1cccc(-c2cc(-c3ccccc3O)on2)c1. The van der Waals surface area contributed by atoms with Gasteiger partial charge in [-0.25, -0.2) is 0 Å². The van der Waals surface area contributed by atoms with Gasteiger partial charge in [-0.05, 0) is 24.3 Å². The highest BCUT2D eigenvalue weighted by Gasteiger charge is 2.11. The van der Waals surface area contributed by atoms with Gasteiger partial charge in [0.05, 0.1) is 5.56 Å². The second-order valence-electron chi connectivity index (χ2n) is 4.14. The number of aromatic hydroxyl groups is 2. The summed E-state index contributed by atoms with van der Waals surface area (Å²) in [7, 11) is 0. The van der Waals surface area contributed by atoms with Crippen LogP contribution in [0.2, 0.25) is 0 Å². The van der Waals surface area contributed by atoms with Gasteiger partial charge in [0.2, 0.25) is 0 Å². The molecule has 0 radical (unpaired) electrons. The van der Waals surface area contributed by atoms with E-state index in [9.17, 15) is 10.2 Å². The van der Waals surface area contributed by atoms with Crippen molar-refractivity contribution in [2.75, 3.05) is 0 Å². The molecule has 0 atom stereocenters. The molecule has 0 bridgehead atoms. The summed E-state index contributed by atoms with van der Waals surface area (Å²) in [5.41, 5.74) is 1.95. The Morgan fingerprint density at radius 2 is 1.74 bits per heavy atom. The molecule has 0 amide bonds. The Bertz CT molecular complexity index is 719. The Morgan fingerprint density at radius 1 is 0.895 bits per heavy atom. The minimum Gasteiger partial charge on any atom is -0.508 e. The van der Waals surface area contributed by atoms with Gasteiger partial charge in [0, 0.05) is 11.6 Å². The third-order valence-corrected chi connectivity index (χ3v) is 2.82. The predicted molar refractivity (Wildman–Crippen MR) is 70.7 cm³/mol. The maximum absolute atomic E-state index is 9.76. The largest absolute Gasteiger partial charge is 0.508 e. The molecular weight excluding hydrogens is 242 g/mol. The zero-order chi connectivity index (χ0) is 13.2. The average Bonchev–Trinajstić information content (AvgIpc) is 2.89. The molecule has 0 fully saturated rings. The molecule has 3 rings (SSSR count). The van der Waals surface area contributed by atoms with Crippen molar-refractivity contribution >= 4 is 0 Å². The maximum Gasteiger partial charge on any atom is 0.171 e. The van der Waals surface area contributed by atoms with Crippen LogP contribution >= 0.6 is 0 Å². The van der Waals surface area contributed by atoms with Gasteiger partial charge in [-0.2, -0.15) is 0 Å². The molecular formula is C15H11NO3. The van der Waals surface area contributed by atoms with Crippen molar-refractivity contribution in [2.45, 2.75) is 0 Å². The van der Waals surface area contributed by atoms with Crippen molar-refractivity contribution in [3.63, 3.8) is 0 Å². The number of para-hydroxylation sites is 1. The van der Waals surface area contributed by atoms with Crippen LogP contribution in [0.5, 0.6) is 11.5 Å². The highest BCUT2D eigenvalue weighted by molar-refractivity contribution is 5.70. The number of benzene rings is 2. The van der Waals surface area contributed by atoms with Crippen molar-refractivity contribution in [1.82, 2.24) is 5.16 Å². The van der Waals surface area contributed by atoms with Crippen molar-refractivity contribution in [2.24, 2.45) is 0 Å². The van der Waals surface area contributed by atoms with E-state index in [1.54, 1.807) is 42.5 Å². The molecule has 0 aliphatic carbocycles. The van der Waals surface area contributed by atoms with Gasteiger partial charge in [-0.3, -0.25) is 0 Å². The Hall–Kier alpha value is -2.75. The van der Waals surface area contributed by atoms with Crippen molar-refractivity contribution in [3.05, 3.63) is 54.6 Å². The Labute approximate surface area is 109 Å². The third-order valence-electron chi connectivity index (χ3n) is 2.82. The smallest absolute Gasteiger partial charge is 0.171 e. The van der Waals surface area contributed by atoms with E-state index in [4.69, 9.17) is 4.52 Å². The molecule has 0 aliphatic heterocycles. The van der Waals surface area contributed by atoms with Crippen LogP contribution in [0, 0.1) is 0 Å². The monoisotopic (exact) mass is 253 g/mol. The topological polar surface area (TPSA) is 66.5 Å². The highest BCUT2D eigenvalue weighted by atomic mass is 16.5. The summed E-state index contributed by atoms with van der Waals surface area (Å²) in [5, 5.41) is 23.2. The number of nitrogens with zero attached hydrogens (tertiary/aromatic N) is 1. The second kappa shape index (κ2) is 4.49. The maximum atomic E-state index is 9.76. The van der Waals surface area contributed by atoms with E-state index in [2.05, 4.69) is 5.16 Å². The summed E-state index contributed by atoms with van der Waals surface area (Å²) < 4.78 is 5.23. The molecule has 0 saturated carbocycles. The van der Waals surface area contributed by atoms with Crippen molar-refractivity contribution < 1.29 is 14.7 Å². The lowest BCUT2D eigenvalue weighted by molar-refractivity contribution is 0.428.